The van der Waals surface area contributed by atoms with Crippen LogP contribution in [0.4, 0.5) is 0 Å². The minimum Gasteiger partial charge on any atom is -0.358 e. The second kappa shape index (κ2) is 5.47. The van der Waals surface area contributed by atoms with Crippen LogP contribution in [0.25, 0.3) is 11.0 Å². The molecule has 0 fully saturated rings. The second-order valence-corrected chi connectivity index (χ2v) is 3.96. The van der Waals surface area contributed by atoms with E-state index in [1.54, 1.807) is 22.9 Å². The van der Waals surface area contributed by atoms with Gasteiger partial charge in [0.1, 0.15) is 5.52 Å². The van der Waals surface area contributed by atoms with Gasteiger partial charge in [-0.2, -0.15) is 0 Å². The largest absolute Gasteiger partial charge is 0.358 e. The Balaban J connectivity index is 2.16. The molecule has 0 unspecified atom stereocenters. The summed E-state index contributed by atoms with van der Waals surface area (Å²) in [6.45, 7) is 2.64. The number of nitrogens with one attached hydrogen (secondary N) is 2. The van der Waals surface area contributed by atoms with Gasteiger partial charge in [0.25, 0.3) is 5.91 Å². The summed E-state index contributed by atoms with van der Waals surface area (Å²) >= 11 is 0. The van der Waals surface area contributed by atoms with Gasteiger partial charge in [-0.05, 0) is 25.1 Å². The number of hydrogen-bond acceptors (Lipinski definition) is 4. The number of aromatic nitrogens is 3. The monoisotopic (exact) mass is 261 g/mol. The Morgan fingerprint density at radius 2 is 2.16 bits per heavy atom. The summed E-state index contributed by atoms with van der Waals surface area (Å²) in [5, 5.41) is 12.9. The summed E-state index contributed by atoms with van der Waals surface area (Å²) in [7, 11) is 1.52. The highest BCUT2D eigenvalue weighted by atomic mass is 16.2. The van der Waals surface area contributed by atoms with Gasteiger partial charge in [0.05, 0.1) is 12.1 Å². The Morgan fingerprint density at radius 1 is 1.37 bits per heavy atom. The molecule has 7 nitrogen and oxygen atoms in total. The highest BCUT2D eigenvalue weighted by Crippen LogP contribution is 2.13. The third-order valence-electron chi connectivity index (χ3n) is 2.76. The average Bonchev–Trinajstić information content (AvgIpc) is 2.86. The first kappa shape index (κ1) is 13.0. The van der Waals surface area contributed by atoms with Crippen molar-refractivity contribution in [3.63, 3.8) is 0 Å². The Morgan fingerprint density at radius 3 is 2.84 bits per heavy atom. The minimum absolute atomic E-state index is 0.0466. The van der Waals surface area contributed by atoms with E-state index in [4.69, 9.17) is 0 Å². The number of amides is 2. The van der Waals surface area contributed by atoms with Crippen LogP contribution in [0.3, 0.4) is 0 Å². The van der Waals surface area contributed by atoms with Gasteiger partial charge < -0.3 is 10.6 Å². The Labute approximate surface area is 110 Å². The third-order valence-corrected chi connectivity index (χ3v) is 2.76. The van der Waals surface area contributed by atoms with Crippen molar-refractivity contribution in [2.75, 3.05) is 13.6 Å². The van der Waals surface area contributed by atoms with Crippen molar-refractivity contribution in [3.8, 4) is 0 Å². The molecular weight excluding hydrogens is 246 g/mol. The number of carbonyl (C=O) groups excluding carboxylic acids is 2. The molecule has 7 heteroatoms. The molecule has 0 spiro atoms. The van der Waals surface area contributed by atoms with Crippen LogP contribution in [-0.4, -0.2) is 40.4 Å². The van der Waals surface area contributed by atoms with Crippen LogP contribution in [0.1, 0.15) is 17.3 Å². The number of rotatable bonds is 4. The van der Waals surface area contributed by atoms with Gasteiger partial charge in [-0.1, -0.05) is 5.21 Å². The SMILES string of the molecule is CCn1nnc2cc(C(=O)NCC(=O)NC)ccc21. The molecule has 19 heavy (non-hydrogen) atoms. The number of carbonyl (C=O) groups is 2. The fourth-order valence-electron chi connectivity index (χ4n) is 1.70. The summed E-state index contributed by atoms with van der Waals surface area (Å²) in [4.78, 5) is 22.9. The molecule has 0 atom stereocenters. The fourth-order valence-corrected chi connectivity index (χ4v) is 1.70. The number of nitrogens with zero attached hydrogens (tertiary/aromatic N) is 3. The van der Waals surface area contributed by atoms with Gasteiger partial charge in [0.2, 0.25) is 5.91 Å². The van der Waals surface area contributed by atoms with E-state index in [1.807, 2.05) is 6.92 Å². The van der Waals surface area contributed by atoms with Gasteiger partial charge >= 0.3 is 0 Å². The van der Waals surface area contributed by atoms with E-state index in [0.717, 1.165) is 12.1 Å². The predicted molar refractivity (Wildman–Crippen MR) is 69.6 cm³/mol. The van der Waals surface area contributed by atoms with Crippen LogP contribution in [0.5, 0.6) is 0 Å². The molecule has 0 aliphatic rings. The first-order valence-electron chi connectivity index (χ1n) is 5.97. The average molecular weight is 261 g/mol. The summed E-state index contributed by atoms with van der Waals surface area (Å²) in [6, 6.07) is 5.15. The smallest absolute Gasteiger partial charge is 0.251 e. The molecule has 0 aliphatic carbocycles. The Kier molecular flexibility index (Phi) is 3.74. The molecule has 2 rings (SSSR count). The maximum atomic E-state index is 11.8. The maximum Gasteiger partial charge on any atom is 0.251 e. The minimum atomic E-state index is -0.309. The second-order valence-electron chi connectivity index (χ2n) is 3.96. The van der Waals surface area contributed by atoms with Crippen LogP contribution in [-0.2, 0) is 11.3 Å². The summed E-state index contributed by atoms with van der Waals surface area (Å²) < 4.78 is 1.75. The first-order chi connectivity index (χ1) is 9.15. The normalized spacial score (nSPS) is 10.4. The Bertz CT molecular complexity index is 620. The highest BCUT2D eigenvalue weighted by molar-refractivity contribution is 5.98. The molecule has 0 saturated carbocycles. The van der Waals surface area contributed by atoms with Crippen molar-refractivity contribution in [3.05, 3.63) is 23.8 Å². The van der Waals surface area contributed by atoms with E-state index < -0.39 is 0 Å². The van der Waals surface area contributed by atoms with Crippen LogP contribution >= 0.6 is 0 Å². The highest BCUT2D eigenvalue weighted by Gasteiger charge is 2.10. The quantitative estimate of drug-likeness (QED) is 0.806. The van der Waals surface area contributed by atoms with E-state index in [2.05, 4.69) is 20.9 Å². The molecular formula is C12H15N5O2. The molecule has 1 aromatic carbocycles. The molecule has 2 amide bonds. The lowest BCUT2D eigenvalue weighted by molar-refractivity contribution is -0.119. The van der Waals surface area contributed by atoms with Crippen LogP contribution in [0.2, 0.25) is 0 Å². The van der Waals surface area contributed by atoms with Crippen molar-refractivity contribution in [1.82, 2.24) is 25.6 Å². The zero-order valence-electron chi connectivity index (χ0n) is 10.8. The van der Waals surface area contributed by atoms with Crippen LogP contribution < -0.4 is 10.6 Å². The van der Waals surface area contributed by atoms with E-state index in [1.165, 1.54) is 7.05 Å². The van der Waals surface area contributed by atoms with Crippen LogP contribution in [0, 0.1) is 0 Å². The molecule has 0 aliphatic heterocycles. The zero-order chi connectivity index (χ0) is 13.8. The Hall–Kier alpha value is -2.44. The van der Waals surface area contributed by atoms with Crippen LogP contribution in [0.15, 0.2) is 18.2 Å². The van der Waals surface area contributed by atoms with E-state index >= 15 is 0 Å². The van der Waals surface area contributed by atoms with Gasteiger partial charge in [0, 0.05) is 19.2 Å². The first-order valence-corrected chi connectivity index (χ1v) is 5.97. The molecule has 100 valence electrons. The lowest BCUT2D eigenvalue weighted by Gasteiger charge is -2.04. The lowest BCUT2D eigenvalue weighted by Crippen LogP contribution is -2.35. The van der Waals surface area contributed by atoms with Crippen molar-refractivity contribution in [2.45, 2.75) is 13.5 Å². The van der Waals surface area contributed by atoms with E-state index in [9.17, 15) is 9.59 Å². The number of likely N-dealkylation sites (N-methyl/N-ethyl adjacent to an activating group) is 1. The molecule has 1 aromatic heterocycles. The van der Waals surface area contributed by atoms with Crippen molar-refractivity contribution in [2.24, 2.45) is 0 Å². The molecule has 1 heterocycles. The van der Waals surface area contributed by atoms with E-state index in [0.29, 0.717) is 11.1 Å². The van der Waals surface area contributed by atoms with Gasteiger partial charge in [-0.25, -0.2) is 4.68 Å². The van der Waals surface area contributed by atoms with E-state index in [-0.39, 0.29) is 18.4 Å². The van der Waals surface area contributed by atoms with Gasteiger partial charge in [0.15, 0.2) is 0 Å². The van der Waals surface area contributed by atoms with Gasteiger partial charge in [-0.3, -0.25) is 9.59 Å². The number of hydrogen-bond donors (Lipinski definition) is 2. The van der Waals surface area contributed by atoms with Gasteiger partial charge in [-0.15, -0.1) is 5.10 Å². The zero-order valence-corrected chi connectivity index (χ0v) is 10.8. The molecule has 0 saturated heterocycles. The van der Waals surface area contributed by atoms with Crippen molar-refractivity contribution >= 4 is 22.8 Å². The standard InChI is InChI=1S/C12H15N5O2/c1-3-17-10-5-4-8(6-9(10)15-16-17)12(19)14-7-11(18)13-2/h4-6H,3,7H2,1-2H3,(H,13,18)(H,14,19). The molecule has 2 N–H and O–H groups in total. The summed E-state index contributed by atoms with van der Waals surface area (Å²) in [5.41, 5.74) is 2.00. The summed E-state index contributed by atoms with van der Waals surface area (Å²) in [5.74, 6) is -0.553. The fraction of sp³-hybridized carbons (Fsp3) is 0.333. The third kappa shape index (κ3) is 2.70. The van der Waals surface area contributed by atoms with Crippen molar-refractivity contribution in [1.29, 1.82) is 0 Å². The van der Waals surface area contributed by atoms with Crippen molar-refractivity contribution < 1.29 is 9.59 Å². The molecule has 2 aromatic rings. The molecule has 0 bridgehead atoms. The molecule has 0 radical (unpaired) electrons. The topological polar surface area (TPSA) is 88.9 Å². The number of benzene rings is 1. The number of fused-ring (bicyclic) bond motifs is 1. The lowest BCUT2D eigenvalue weighted by atomic mass is 10.2. The number of aryl methyl sites for hydroxylation is 1. The maximum absolute atomic E-state index is 11.8. The predicted octanol–water partition coefficient (Wildman–Crippen LogP) is -0.0730. The summed E-state index contributed by atoms with van der Waals surface area (Å²) in [6.07, 6.45) is 0.